The summed E-state index contributed by atoms with van der Waals surface area (Å²) in [6, 6.07) is 5.40. The van der Waals surface area contributed by atoms with Gasteiger partial charge in [0.05, 0.1) is 24.5 Å². The fraction of sp³-hybridized carbons (Fsp3) is 0.333. The Kier molecular flexibility index (Phi) is 7.03. The van der Waals surface area contributed by atoms with Crippen LogP contribution in [0.5, 0.6) is 0 Å². The maximum absolute atomic E-state index is 13.1. The summed E-state index contributed by atoms with van der Waals surface area (Å²) >= 11 is 0.966. The molecule has 10 heteroatoms. The quantitative estimate of drug-likeness (QED) is 0.419. The van der Waals surface area contributed by atoms with Crippen molar-refractivity contribution < 1.29 is 28.6 Å². The van der Waals surface area contributed by atoms with Crippen molar-refractivity contribution in [2.24, 2.45) is 0 Å². The van der Waals surface area contributed by atoms with Crippen LogP contribution < -0.4 is 5.32 Å². The standard InChI is InChI=1S/C21H23N3O6S/c1-5-29-20(26)15-12(2)17(21(27)30-11-10-28-4)31-19(15)23-18(25)16-13(3)22-14-8-6-7-9-24(14)16/h6-9H,5,10-11H2,1-4H3,(H,23,25). The van der Waals surface area contributed by atoms with E-state index in [1.807, 2.05) is 6.07 Å². The smallest absolute Gasteiger partial charge is 0.348 e. The molecule has 1 amide bonds. The predicted molar refractivity (Wildman–Crippen MR) is 115 cm³/mol. The summed E-state index contributed by atoms with van der Waals surface area (Å²) in [6.07, 6.45) is 1.73. The van der Waals surface area contributed by atoms with E-state index in [2.05, 4.69) is 10.3 Å². The monoisotopic (exact) mass is 445 g/mol. The summed E-state index contributed by atoms with van der Waals surface area (Å²) in [5.41, 5.74) is 2.01. The summed E-state index contributed by atoms with van der Waals surface area (Å²) in [7, 11) is 1.50. The Hall–Kier alpha value is -3.24. The van der Waals surface area contributed by atoms with Crippen molar-refractivity contribution in [3.63, 3.8) is 0 Å². The second-order valence-corrected chi connectivity index (χ2v) is 7.56. The number of hydrogen-bond acceptors (Lipinski definition) is 8. The zero-order valence-electron chi connectivity index (χ0n) is 17.7. The number of anilines is 1. The highest BCUT2D eigenvalue weighted by molar-refractivity contribution is 7.18. The first-order valence-electron chi connectivity index (χ1n) is 9.60. The molecule has 3 aromatic heterocycles. The molecule has 0 aliphatic rings. The van der Waals surface area contributed by atoms with Gasteiger partial charge >= 0.3 is 11.9 Å². The van der Waals surface area contributed by atoms with Gasteiger partial charge < -0.3 is 19.5 Å². The summed E-state index contributed by atoms with van der Waals surface area (Å²) < 4.78 is 16.9. The SMILES string of the molecule is CCOC(=O)c1c(NC(=O)c2c(C)nc3ccccn23)sc(C(=O)OCCOC)c1C. The number of aromatic nitrogens is 2. The van der Waals surface area contributed by atoms with Crippen LogP contribution in [0, 0.1) is 13.8 Å². The number of amides is 1. The number of methoxy groups -OCH3 is 1. The van der Waals surface area contributed by atoms with E-state index < -0.39 is 17.8 Å². The molecule has 0 bridgehead atoms. The number of pyridine rings is 1. The Bertz CT molecular complexity index is 1130. The van der Waals surface area contributed by atoms with Gasteiger partial charge in [0.25, 0.3) is 5.91 Å². The number of carbonyl (C=O) groups is 3. The summed E-state index contributed by atoms with van der Waals surface area (Å²) in [6.45, 7) is 5.50. The number of imidazole rings is 1. The van der Waals surface area contributed by atoms with E-state index in [9.17, 15) is 14.4 Å². The molecule has 0 unspecified atom stereocenters. The molecule has 0 saturated carbocycles. The molecule has 0 aliphatic heterocycles. The van der Waals surface area contributed by atoms with Gasteiger partial charge in [0.15, 0.2) is 0 Å². The van der Waals surface area contributed by atoms with Crippen LogP contribution in [0.3, 0.4) is 0 Å². The maximum atomic E-state index is 13.1. The average molecular weight is 445 g/mol. The van der Waals surface area contributed by atoms with Gasteiger partial charge in [-0.25, -0.2) is 14.6 Å². The lowest BCUT2D eigenvalue weighted by molar-refractivity contribution is 0.0392. The van der Waals surface area contributed by atoms with Crippen molar-refractivity contribution in [2.75, 3.05) is 32.2 Å². The van der Waals surface area contributed by atoms with Crippen LogP contribution in [0.1, 0.15) is 48.7 Å². The molecule has 3 rings (SSSR count). The van der Waals surface area contributed by atoms with Gasteiger partial charge in [-0.05, 0) is 38.5 Å². The van der Waals surface area contributed by atoms with Crippen LogP contribution in [-0.2, 0) is 14.2 Å². The normalized spacial score (nSPS) is 10.8. The second kappa shape index (κ2) is 9.71. The van der Waals surface area contributed by atoms with Crippen molar-refractivity contribution in [1.82, 2.24) is 9.38 Å². The number of rotatable bonds is 8. The number of nitrogens with one attached hydrogen (secondary N) is 1. The average Bonchev–Trinajstić information content (AvgIpc) is 3.24. The molecule has 9 nitrogen and oxygen atoms in total. The topological polar surface area (TPSA) is 108 Å². The molecular formula is C21H23N3O6S. The minimum Gasteiger partial charge on any atom is -0.462 e. The number of ether oxygens (including phenoxy) is 3. The lowest BCUT2D eigenvalue weighted by Crippen LogP contribution is -2.17. The number of fused-ring (bicyclic) bond motifs is 1. The molecule has 0 saturated heterocycles. The van der Waals surface area contributed by atoms with Gasteiger partial charge in [-0.3, -0.25) is 9.20 Å². The highest BCUT2D eigenvalue weighted by atomic mass is 32.1. The second-order valence-electron chi connectivity index (χ2n) is 6.54. The zero-order valence-corrected chi connectivity index (χ0v) is 18.5. The van der Waals surface area contributed by atoms with Crippen molar-refractivity contribution in [3.8, 4) is 0 Å². The van der Waals surface area contributed by atoms with Crippen molar-refractivity contribution in [1.29, 1.82) is 0 Å². The van der Waals surface area contributed by atoms with Gasteiger partial charge in [0, 0.05) is 13.3 Å². The van der Waals surface area contributed by atoms with Crippen LogP contribution in [0.15, 0.2) is 24.4 Å². The zero-order chi connectivity index (χ0) is 22.5. The molecule has 164 valence electrons. The first-order chi connectivity index (χ1) is 14.9. The van der Waals surface area contributed by atoms with Gasteiger partial charge in [0.1, 0.15) is 27.8 Å². The van der Waals surface area contributed by atoms with E-state index in [1.165, 1.54) is 7.11 Å². The van der Waals surface area contributed by atoms with Crippen LogP contribution in [0.25, 0.3) is 5.65 Å². The van der Waals surface area contributed by atoms with Crippen LogP contribution in [0.2, 0.25) is 0 Å². The van der Waals surface area contributed by atoms with Crippen LogP contribution >= 0.6 is 11.3 Å². The number of aryl methyl sites for hydroxylation is 1. The summed E-state index contributed by atoms with van der Waals surface area (Å²) in [5, 5.41) is 2.97. The largest absolute Gasteiger partial charge is 0.462 e. The van der Waals surface area contributed by atoms with Crippen molar-refractivity contribution in [3.05, 3.63) is 51.8 Å². The lowest BCUT2D eigenvalue weighted by atomic mass is 10.1. The van der Waals surface area contributed by atoms with E-state index in [4.69, 9.17) is 14.2 Å². The third-order valence-corrected chi connectivity index (χ3v) is 5.67. The molecule has 0 fully saturated rings. The number of thiophene rings is 1. The Labute approximate surface area is 182 Å². The fourth-order valence-electron chi connectivity index (χ4n) is 3.08. The van der Waals surface area contributed by atoms with Gasteiger partial charge in [0.2, 0.25) is 0 Å². The fourth-order valence-corrected chi connectivity index (χ4v) is 4.16. The summed E-state index contributed by atoms with van der Waals surface area (Å²) in [4.78, 5) is 42.7. The third-order valence-electron chi connectivity index (χ3n) is 4.48. The van der Waals surface area contributed by atoms with Crippen LogP contribution in [-0.4, -0.2) is 54.2 Å². The van der Waals surface area contributed by atoms with E-state index >= 15 is 0 Å². The molecule has 0 radical (unpaired) electrons. The molecule has 1 N–H and O–H groups in total. The van der Waals surface area contributed by atoms with E-state index in [0.717, 1.165) is 11.3 Å². The molecule has 0 aliphatic carbocycles. The molecule has 3 aromatic rings. The number of carbonyl (C=O) groups excluding carboxylic acids is 3. The Morgan fingerprint density at radius 1 is 1.13 bits per heavy atom. The van der Waals surface area contributed by atoms with Crippen molar-refractivity contribution in [2.45, 2.75) is 20.8 Å². The number of esters is 2. The third kappa shape index (κ3) is 4.59. The Morgan fingerprint density at radius 3 is 2.61 bits per heavy atom. The van der Waals surface area contributed by atoms with Crippen molar-refractivity contribution >= 4 is 39.8 Å². The summed E-state index contributed by atoms with van der Waals surface area (Å²) in [5.74, 6) is -1.68. The molecule has 0 aromatic carbocycles. The Balaban J connectivity index is 1.97. The van der Waals surface area contributed by atoms with E-state index in [-0.39, 0.29) is 35.3 Å². The number of hydrogen-bond donors (Lipinski definition) is 1. The molecule has 3 heterocycles. The minimum absolute atomic E-state index is 0.0735. The maximum Gasteiger partial charge on any atom is 0.348 e. The Morgan fingerprint density at radius 2 is 1.90 bits per heavy atom. The lowest BCUT2D eigenvalue weighted by Gasteiger charge is -2.07. The van der Waals surface area contributed by atoms with Gasteiger partial charge in [-0.2, -0.15) is 0 Å². The predicted octanol–water partition coefficient (Wildman–Crippen LogP) is 3.24. The van der Waals surface area contributed by atoms with Crippen LogP contribution in [0.4, 0.5) is 5.00 Å². The first-order valence-corrected chi connectivity index (χ1v) is 10.4. The van der Waals surface area contributed by atoms with E-state index in [1.54, 1.807) is 43.5 Å². The molecule has 31 heavy (non-hydrogen) atoms. The highest BCUT2D eigenvalue weighted by Crippen LogP contribution is 2.35. The van der Waals surface area contributed by atoms with Gasteiger partial charge in [-0.1, -0.05) is 6.07 Å². The minimum atomic E-state index is -0.627. The highest BCUT2D eigenvalue weighted by Gasteiger charge is 2.28. The van der Waals surface area contributed by atoms with E-state index in [0.29, 0.717) is 22.6 Å². The molecule has 0 atom stereocenters. The first kappa shape index (κ1) is 22.4. The van der Waals surface area contributed by atoms with Gasteiger partial charge in [-0.15, -0.1) is 11.3 Å². The molecule has 0 spiro atoms. The number of nitrogens with zero attached hydrogens (tertiary/aromatic N) is 2. The molecular weight excluding hydrogens is 422 g/mol.